The van der Waals surface area contributed by atoms with E-state index in [2.05, 4.69) is 33.6 Å². The Balaban J connectivity index is 1.56. The summed E-state index contributed by atoms with van der Waals surface area (Å²) >= 11 is 0. The summed E-state index contributed by atoms with van der Waals surface area (Å²) in [6.45, 7) is 6.11. The van der Waals surface area contributed by atoms with Crippen LogP contribution in [0.5, 0.6) is 5.75 Å². The van der Waals surface area contributed by atoms with Gasteiger partial charge in [0.2, 0.25) is 5.89 Å². The number of nitrogens with one attached hydrogen (secondary N) is 2. The molecule has 0 unspecified atom stereocenters. The molecule has 0 aliphatic carbocycles. The number of guanidine groups is 1. The molecule has 0 aliphatic heterocycles. The molecule has 0 fully saturated rings. The van der Waals surface area contributed by atoms with Gasteiger partial charge in [-0.3, -0.25) is 0 Å². The molecule has 0 radical (unpaired) electrons. The lowest BCUT2D eigenvalue weighted by molar-refractivity contribution is 0.414. The van der Waals surface area contributed by atoms with E-state index in [1.807, 2.05) is 49.4 Å². The molecular formula is C23H28N4O2. The third-order valence-electron chi connectivity index (χ3n) is 4.43. The van der Waals surface area contributed by atoms with Crippen molar-refractivity contribution in [3.63, 3.8) is 0 Å². The Hall–Kier alpha value is -3.28. The summed E-state index contributed by atoms with van der Waals surface area (Å²) in [6, 6.07) is 16.2. The Bertz CT molecular complexity index is 932. The van der Waals surface area contributed by atoms with E-state index in [0.717, 1.165) is 42.5 Å². The monoisotopic (exact) mass is 392 g/mol. The van der Waals surface area contributed by atoms with Crippen LogP contribution in [0.25, 0.3) is 11.5 Å². The van der Waals surface area contributed by atoms with Crippen molar-refractivity contribution in [3.05, 3.63) is 71.6 Å². The maximum Gasteiger partial charge on any atom is 0.226 e. The molecule has 0 amide bonds. The van der Waals surface area contributed by atoms with E-state index in [-0.39, 0.29) is 0 Å². The third-order valence-corrected chi connectivity index (χ3v) is 4.43. The van der Waals surface area contributed by atoms with E-state index in [0.29, 0.717) is 12.4 Å². The third kappa shape index (κ3) is 6.10. The van der Waals surface area contributed by atoms with Crippen LogP contribution in [0.3, 0.4) is 0 Å². The highest BCUT2D eigenvalue weighted by Crippen LogP contribution is 2.19. The number of hydrogen-bond donors (Lipinski definition) is 2. The Morgan fingerprint density at radius 1 is 1.14 bits per heavy atom. The molecule has 0 bridgehead atoms. The molecule has 1 aromatic heterocycles. The first-order valence-corrected chi connectivity index (χ1v) is 9.84. The van der Waals surface area contributed by atoms with Crippen LogP contribution in [-0.4, -0.2) is 31.1 Å². The molecule has 0 saturated carbocycles. The lowest BCUT2D eigenvalue weighted by Crippen LogP contribution is -2.38. The Labute approximate surface area is 172 Å². The molecule has 0 spiro atoms. The summed E-state index contributed by atoms with van der Waals surface area (Å²) in [5.41, 5.74) is 4.19. The van der Waals surface area contributed by atoms with Crippen molar-refractivity contribution < 1.29 is 9.15 Å². The lowest BCUT2D eigenvalue weighted by Gasteiger charge is -2.11. The zero-order valence-corrected chi connectivity index (χ0v) is 17.2. The van der Waals surface area contributed by atoms with Gasteiger partial charge in [-0.15, -0.1) is 0 Å². The fourth-order valence-corrected chi connectivity index (χ4v) is 2.86. The lowest BCUT2D eigenvalue weighted by atomic mass is 10.1. The summed E-state index contributed by atoms with van der Waals surface area (Å²) in [6.07, 6.45) is 2.54. The van der Waals surface area contributed by atoms with Crippen LogP contribution in [0.2, 0.25) is 0 Å². The molecule has 152 valence electrons. The second-order valence-electron chi connectivity index (χ2n) is 6.73. The highest BCUT2D eigenvalue weighted by atomic mass is 16.5. The number of ether oxygens (including phenoxy) is 1. The summed E-state index contributed by atoms with van der Waals surface area (Å²) in [7, 11) is 1.68. The van der Waals surface area contributed by atoms with E-state index < -0.39 is 0 Å². The van der Waals surface area contributed by atoms with Gasteiger partial charge in [-0.05, 0) is 50.1 Å². The van der Waals surface area contributed by atoms with Gasteiger partial charge in [0, 0.05) is 18.7 Å². The second kappa shape index (κ2) is 10.3. The number of aliphatic imine (C=N–C) groups is 1. The average Bonchev–Trinajstić information content (AvgIpc) is 3.22. The number of aryl methyl sites for hydroxylation is 1. The van der Waals surface area contributed by atoms with Gasteiger partial charge in [-0.1, -0.05) is 29.8 Å². The molecule has 29 heavy (non-hydrogen) atoms. The summed E-state index contributed by atoms with van der Waals surface area (Å²) < 4.78 is 10.9. The largest absolute Gasteiger partial charge is 0.497 e. The fourth-order valence-electron chi connectivity index (χ4n) is 2.86. The van der Waals surface area contributed by atoms with E-state index in [9.17, 15) is 0 Å². The number of methoxy groups -OCH3 is 1. The Morgan fingerprint density at radius 2 is 1.97 bits per heavy atom. The van der Waals surface area contributed by atoms with Crippen LogP contribution in [0, 0.1) is 6.92 Å². The first-order chi connectivity index (χ1) is 14.2. The quantitative estimate of drug-likeness (QED) is 0.449. The topological polar surface area (TPSA) is 71.7 Å². The minimum Gasteiger partial charge on any atom is -0.497 e. The molecule has 0 saturated heterocycles. The molecule has 6 nitrogen and oxygen atoms in total. The molecule has 0 aliphatic rings. The van der Waals surface area contributed by atoms with Crippen molar-refractivity contribution in [2.24, 2.45) is 4.99 Å². The van der Waals surface area contributed by atoms with Gasteiger partial charge >= 0.3 is 0 Å². The van der Waals surface area contributed by atoms with E-state index in [1.54, 1.807) is 13.4 Å². The summed E-state index contributed by atoms with van der Waals surface area (Å²) in [5.74, 6) is 2.25. The van der Waals surface area contributed by atoms with Crippen molar-refractivity contribution >= 4 is 5.96 Å². The molecule has 2 aromatic carbocycles. The SMILES string of the molecule is CCNC(=NCc1coc(-c2ccc(C)cc2)n1)NCCc1cccc(OC)c1. The molecule has 3 aromatic rings. The average molecular weight is 393 g/mol. The van der Waals surface area contributed by atoms with Gasteiger partial charge < -0.3 is 19.8 Å². The maximum atomic E-state index is 5.61. The molecule has 3 rings (SSSR count). The standard InChI is InChI=1S/C23H28N4O2/c1-4-24-23(25-13-12-18-6-5-7-21(14-18)28-3)26-15-20-16-29-22(27-20)19-10-8-17(2)9-11-19/h5-11,14,16H,4,12-13,15H2,1-3H3,(H2,24,25,26). The minimum absolute atomic E-state index is 0.448. The number of aromatic nitrogens is 1. The van der Waals surface area contributed by atoms with Crippen molar-refractivity contribution in [3.8, 4) is 17.2 Å². The van der Waals surface area contributed by atoms with Crippen LogP contribution in [0.1, 0.15) is 23.7 Å². The minimum atomic E-state index is 0.448. The molecule has 6 heteroatoms. The normalized spacial score (nSPS) is 11.3. The number of hydrogen-bond acceptors (Lipinski definition) is 4. The summed E-state index contributed by atoms with van der Waals surface area (Å²) in [4.78, 5) is 9.16. The van der Waals surface area contributed by atoms with Crippen molar-refractivity contribution in [2.45, 2.75) is 26.8 Å². The van der Waals surface area contributed by atoms with Crippen molar-refractivity contribution in [1.29, 1.82) is 0 Å². The van der Waals surface area contributed by atoms with E-state index in [1.165, 1.54) is 11.1 Å². The molecular weight excluding hydrogens is 364 g/mol. The van der Waals surface area contributed by atoms with Crippen LogP contribution in [-0.2, 0) is 13.0 Å². The van der Waals surface area contributed by atoms with Crippen molar-refractivity contribution in [1.82, 2.24) is 15.6 Å². The molecule has 2 N–H and O–H groups in total. The van der Waals surface area contributed by atoms with Gasteiger partial charge in [0.1, 0.15) is 17.7 Å². The highest BCUT2D eigenvalue weighted by molar-refractivity contribution is 5.79. The number of benzene rings is 2. The second-order valence-corrected chi connectivity index (χ2v) is 6.73. The number of rotatable bonds is 8. The Kier molecular flexibility index (Phi) is 7.28. The van der Waals surface area contributed by atoms with Crippen LogP contribution >= 0.6 is 0 Å². The van der Waals surface area contributed by atoms with Gasteiger partial charge in [0.05, 0.1) is 13.7 Å². The van der Waals surface area contributed by atoms with Gasteiger partial charge in [0.25, 0.3) is 0 Å². The molecule has 1 heterocycles. The van der Waals surface area contributed by atoms with Crippen LogP contribution in [0.4, 0.5) is 0 Å². The van der Waals surface area contributed by atoms with Crippen molar-refractivity contribution in [2.75, 3.05) is 20.2 Å². The predicted molar refractivity (Wildman–Crippen MR) is 116 cm³/mol. The van der Waals surface area contributed by atoms with E-state index in [4.69, 9.17) is 9.15 Å². The Morgan fingerprint density at radius 3 is 2.72 bits per heavy atom. The summed E-state index contributed by atoms with van der Waals surface area (Å²) in [5, 5.41) is 6.62. The van der Waals surface area contributed by atoms with Gasteiger partial charge in [0.15, 0.2) is 5.96 Å². The highest BCUT2D eigenvalue weighted by Gasteiger charge is 2.07. The number of nitrogens with zero attached hydrogens (tertiary/aromatic N) is 2. The first-order valence-electron chi connectivity index (χ1n) is 9.84. The van der Waals surface area contributed by atoms with Gasteiger partial charge in [-0.2, -0.15) is 0 Å². The van der Waals surface area contributed by atoms with E-state index >= 15 is 0 Å². The first kappa shape index (κ1) is 20.5. The van der Waals surface area contributed by atoms with Crippen LogP contribution < -0.4 is 15.4 Å². The maximum absolute atomic E-state index is 5.61. The molecule has 0 atom stereocenters. The number of oxazole rings is 1. The zero-order chi connectivity index (χ0) is 20.5. The smallest absolute Gasteiger partial charge is 0.226 e. The predicted octanol–water partition coefficient (Wildman–Crippen LogP) is 3.96. The van der Waals surface area contributed by atoms with Crippen LogP contribution in [0.15, 0.2) is 64.2 Å². The zero-order valence-electron chi connectivity index (χ0n) is 17.2. The van der Waals surface area contributed by atoms with Gasteiger partial charge in [-0.25, -0.2) is 9.98 Å². The fraction of sp³-hybridized carbons (Fsp3) is 0.304.